The maximum Gasteiger partial charge on any atom is 0.282 e. The first kappa shape index (κ1) is 20.0. The molecule has 4 unspecified atom stereocenters. The lowest BCUT2D eigenvalue weighted by Crippen LogP contribution is -2.50. The molecule has 24 heavy (non-hydrogen) atoms. The molecular weight excluding hydrogens is 326 g/mol. The predicted molar refractivity (Wildman–Crippen MR) is 79.4 cm³/mol. The van der Waals surface area contributed by atoms with Crippen molar-refractivity contribution in [1.82, 2.24) is 10.2 Å². The third kappa shape index (κ3) is 3.40. The molecule has 0 aromatic heterocycles. The average Bonchev–Trinajstić information content (AvgIpc) is 2.74. The van der Waals surface area contributed by atoms with Gasteiger partial charge in [0.15, 0.2) is 11.9 Å². The molecule has 0 aromatic rings. The fourth-order valence-corrected chi connectivity index (χ4v) is 2.37. The summed E-state index contributed by atoms with van der Waals surface area (Å²) < 4.78 is 34.2. The SMILES string of the molecule is C#C/C(=C(\F)C(=O)NC)N(C=O)C1OC(C(C)(C)O)C(O)C1(C)F. The van der Waals surface area contributed by atoms with Gasteiger partial charge in [-0.25, -0.2) is 4.39 Å². The number of carbonyl (C=O) groups excluding carboxylic acids is 2. The summed E-state index contributed by atoms with van der Waals surface area (Å²) >= 11 is 0. The summed E-state index contributed by atoms with van der Waals surface area (Å²) in [6.45, 7) is 3.46. The van der Waals surface area contributed by atoms with Crippen LogP contribution in [0.2, 0.25) is 0 Å². The summed E-state index contributed by atoms with van der Waals surface area (Å²) in [5.74, 6) is -0.909. The van der Waals surface area contributed by atoms with Gasteiger partial charge in [-0.1, -0.05) is 0 Å². The second-order valence-corrected chi connectivity index (χ2v) is 6.06. The number of allylic oxidation sites excluding steroid dienone is 1. The number of nitrogens with one attached hydrogen (secondary N) is 1. The molecule has 134 valence electrons. The smallest absolute Gasteiger partial charge is 0.282 e. The summed E-state index contributed by atoms with van der Waals surface area (Å²) in [6, 6.07) is 0. The largest absolute Gasteiger partial charge is 0.388 e. The number of hydrogen-bond donors (Lipinski definition) is 3. The zero-order valence-electron chi connectivity index (χ0n) is 13.7. The van der Waals surface area contributed by atoms with Gasteiger partial charge in [0.25, 0.3) is 5.91 Å². The molecule has 1 aliphatic rings. The monoisotopic (exact) mass is 346 g/mol. The predicted octanol–water partition coefficient (Wildman–Crippen LogP) is -0.410. The van der Waals surface area contributed by atoms with E-state index in [1.54, 1.807) is 5.92 Å². The lowest BCUT2D eigenvalue weighted by Gasteiger charge is -2.31. The van der Waals surface area contributed by atoms with E-state index in [0.717, 1.165) is 14.0 Å². The van der Waals surface area contributed by atoms with Crippen LogP contribution in [0.3, 0.4) is 0 Å². The van der Waals surface area contributed by atoms with E-state index in [9.17, 15) is 28.6 Å². The average molecular weight is 346 g/mol. The van der Waals surface area contributed by atoms with Gasteiger partial charge >= 0.3 is 0 Å². The van der Waals surface area contributed by atoms with Crippen molar-refractivity contribution in [2.75, 3.05) is 7.05 Å². The number of likely N-dealkylation sites (N-methyl/N-ethyl adjacent to an activating group) is 1. The molecule has 1 saturated heterocycles. The van der Waals surface area contributed by atoms with Crippen LogP contribution in [0.25, 0.3) is 0 Å². The normalized spacial score (nSPS) is 31.0. The molecule has 0 bridgehead atoms. The van der Waals surface area contributed by atoms with Crippen molar-refractivity contribution in [1.29, 1.82) is 0 Å². The number of terminal acetylenes is 1. The van der Waals surface area contributed by atoms with Crippen LogP contribution in [0, 0.1) is 12.3 Å². The number of ether oxygens (including phenoxy) is 1. The van der Waals surface area contributed by atoms with Gasteiger partial charge in [0.2, 0.25) is 12.2 Å². The van der Waals surface area contributed by atoms with Crippen LogP contribution < -0.4 is 5.32 Å². The van der Waals surface area contributed by atoms with Crippen LogP contribution in [0.5, 0.6) is 0 Å². The van der Waals surface area contributed by atoms with Gasteiger partial charge in [-0.3, -0.25) is 14.5 Å². The van der Waals surface area contributed by atoms with Crippen molar-refractivity contribution in [3.8, 4) is 12.3 Å². The number of carbonyl (C=O) groups is 2. The Bertz CT molecular complexity index is 592. The number of rotatable bonds is 5. The Labute approximate surface area is 138 Å². The number of nitrogens with zero attached hydrogens (tertiary/aromatic N) is 1. The molecule has 0 aliphatic carbocycles. The molecule has 0 radical (unpaired) electrons. The number of hydrogen-bond acceptors (Lipinski definition) is 5. The molecule has 1 fully saturated rings. The molecule has 0 saturated carbocycles. The first-order chi connectivity index (χ1) is 10.9. The van der Waals surface area contributed by atoms with Crippen molar-refractivity contribution in [2.24, 2.45) is 0 Å². The highest BCUT2D eigenvalue weighted by atomic mass is 19.1. The maximum absolute atomic E-state index is 14.9. The summed E-state index contributed by atoms with van der Waals surface area (Å²) in [4.78, 5) is 23.1. The molecule has 9 heteroatoms. The number of aliphatic hydroxyl groups is 2. The number of amides is 2. The number of alkyl halides is 1. The van der Waals surface area contributed by atoms with Gasteiger partial charge in [0.1, 0.15) is 17.9 Å². The fourth-order valence-electron chi connectivity index (χ4n) is 2.37. The van der Waals surface area contributed by atoms with E-state index in [-0.39, 0.29) is 6.41 Å². The lowest BCUT2D eigenvalue weighted by atomic mass is 9.90. The highest BCUT2D eigenvalue weighted by molar-refractivity contribution is 5.92. The third-order valence-electron chi connectivity index (χ3n) is 3.72. The van der Waals surface area contributed by atoms with E-state index in [4.69, 9.17) is 11.2 Å². The van der Waals surface area contributed by atoms with Crippen molar-refractivity contribution in [2.45, 2.75) is 50.5 Å². The lowest BCUT2D eigenvalue weighted by molar-refractivity contribution is -0.149. The van der Waals surface area contributed by atoms with Gasteiger partial charge < -0.3 is 20.3 Å². The Morgan fingerprint density at radius 1 is 1.54 bits per heavy atom. The van der Waals surface area contributed by atoms with Gasteiger partial charge in [-0.2, -0.15) is 4.39 Å². The van der Waals surface area contributed by atoms with Crippen LogP contribution in [0.4, 0.5) is 8.78 Å². The van der Waals surface area contributed by atoms with E-state index in [1.165, 1.54) is 13.8 Å². The molecule has 1 heterocycles. The van der Waals surface area contributed by atoms with E-state index in [1.807, 2.05) is 5.32 Å². The Kier molecular flexibility index (Phi) is 5.71. The van der Waals surface area contributed by atoms with Crippen LogP contribution in [-0.2, 0) is 14.3 Å². The molecule has 1 aliphatic heterocycles. The minimum Gasteiger partial charge on any atom is -0.388 e. The first-order valence-electron chi connectivity index (χ1n) is 7.00. The van der Waals surface area contributed by atoms with Crippen molar-refractivity contribution >= 4 is 12.3 Å². The van der Waals surface area contributed by atoms with E-state index < -0.39 is 47.1 Å². The van der Waals surface area contributed by atoms with Gasteiger partial charge in [-0.15, -0.1) is 6.42 Å². The molecular formula is C15H20F2N2O5. The highest BCUT2D eigenvalue weighted by Crippen LogP contribution is 2.41. The maximum atomic E-state index is 14.9. The molecule has 4 atom stereocenters. The summed E-state index contributed by atoms with van der Waals surface area (Å²) in [6.07, 6.45) is 0.0353. The third-order valence-corrected chi connectivity index (χ3v) is 3.72. The number of halogens is 2. The van der Waals surface area contributed by atoms with Gasteiger partial charge in [0, 0.05) is 7.05 Å². The molecule has 0 spiro atoms. The first-order valence-corrected chi connectivity index (χ1v) is 7.00. The van der Waals surface area contributed by atoms with Gasteiger partial charge in [-0.05, 0) is 26.7 Å². The zero-order valence-corrected chi connectivity index (χ0v) is 13.7. The Morgan fingerprint density at radius 3 is 2.42 bits per heavy atom. The quantitative estimate of drug-likeness (QED) is 0.357. The Balaban J connectivity index is 3.37. The van der Waals surface area contributed by atoms with Crippen LogP contribution in [0.15, 0.2) is 11.5 Å². The summed E-state index contributed by atoms with van der Waals surface area (Å²) in [5.41, 5.74) is -5.10. The van der Waals surface area contributed by atoms with Gasteiger partial charge in [0.05, 0.1) is 5.60 Å². The van der Waals surface area contributed by atoms with Crippen LogP contribution in [-0.4, -0.2) is 64.2 Å². The van der Waals surface area contributed by atoms with E-state index in [0.29, 0.717) is 4.90 Å². The second-order valence-electron chi connectivity index (χ2n) is 6.06. The Hall–Kier alpha value is -2.02. The summed E-state index contributed by atoms with van der Waals surface area (Å²) in [5, 5.41) is 22.0. The second kappa shape index (κ2) is 6.84. The van der Waals surface area contributed by atoms with E-state index in [2.05, 4.69) is 0 Å². The molecule has 3 N–H and O–H groups in total. The molecule has 2 amide bonds. The topological polar surface area (TPSA) is 99.1 Å². The number of aliphatic hydroxyl groups excluding tert-OH is 1. The Morgan fingerprint density at radius 2 is 2.08 bits per heavy atom. The van der Waals surface area contributed by atoms with E-state index >= 15 is 0 Å². The molecule has 1 rings (SSSR count). The standard InChI is InChI=1S/C15H20F2N2O5/c1-6-8(9(16)12(22)18-5)19(7-20)13-15(4,17)10(21)11(24-13)14(2,3)23/h1,7,10-11,13,21,23H,2-5H3,(H,18,22)/b9-8+. The van der Waals surface area contributed by atoms with Crippen molar-refractivity contribution in [3.05, 3.63) is 11.5 Å². The minimum absolute atomic E-state index is 0.0142. The van der Waals surface area contributed by atoms with Crippen LogP contribution >= 0.6 is 0 Å². The van der Waals surface area contributed by atoms with Crippen LogP contribution in [0.1, 0.15) is 20.8 Å². The minimum atomic E-state index is -2.59. The van der Waals surface area contributed by atoms with Crippen molar-refractivity contribution < 1.29 is 33.3 Å². The molecule has 7 nitrogen and oxygen atoms in total. The zero-order chi connectivity index (χ0) is 18.9. The van der Waals surface area contributed by atoms with Crippen molar-refractivity contribution in [3.63, 3.8) is 0 Å². The molecule has 0 aromatic carbocycles. The highest BCUT2D eigenvalue weighted by Gasteiger charge is 2.60. The summed E-state index contributed by atoms with van der Waals surface area (Å²) in [7, 11) is 1.14. The fraction of sp³-hybridized carbons (Fsp3) is 0.600.